The van der Waals surface area contributed by atoms with E-state index in [9.17, 15) is 0 Å². The van der Waals surface area contributed by atoms with E-state index >= 15 is 0 Å². The quantitative estimate of drug-likeness (QED) is 0.837. The van der Waals surface area contributed by atoms with Crippen LogP contribution in [0.25, 0.3) is 0 Å². The fraction of sp³-hybridized carbons (Fsp3) is 0.600. The van der Waals surface area contributed by atoms with Crippen molar-refractivity contribution in [3.63, 3.8) is 0 Å². The van der Waals surface area contributed by atoms with Crippen LogP contribution in [0.5, 0.6) is 0 Å². The van der Waals surface area contributed by atoms with Gasteiger partial charge in [-0.3, -0.25) is 0 Å². The van der Waals surface area contributed by atoms with E-state index in [0.29, 0.717) is 5.02 Å². The zero-order chi connectivity index (χ0) is 13.0. The summed E-state index contributed by atoms with van der Waals surface area (Å²) < 4.78 is 0. The van der Waals surface area contributed by atoms with Gasteiger partial charge in [-0.15, -0.1) is 0 Å². The van der Waals surface area contributed by atoms with E-state index in [4.69, 9.17) is 23.2 Å². The molecule has 1 N–H and O–H groups in total. The van der Waals surface area contributed by atoms with Gasteiger partial charge in [0, 0.05) is 5.54 Å². The molecule has 100 valence electrons. The smallest absolute Gasteiger partial charge is 0.0624 e. The standard InChI is InChI=1S/C15H21Cl2N/c1-2-15(9-4-3-5-10-18-15)11-12-7-6-8-13(16)14(12)17/h6-8,18H,2-5,9-11H2,1H3. The van der Waals surface area contributed by atoms with Gasteiger partial charge in [0.1, 0.15) is 0 Å². The summed E-state index contributed by atoms with van der Waals surface area (Å²) in [7, 11) is 0. The van der Waals surface area contributed by atoms with E-state index in [1.165, 1.54) is 31.2 Å². The lowest BCUT2D eigenvalue weighted by Crippen LogP contribution is -2.46. The molecule has 0 radical (unpaired) electrons. The first kappa shape index (κ1) is 14.2. The second-order valence-corrected chi connectivity index (χ2v) is 6.05. The average molecular weight is 286 g/mol. The molecule has 3 heteroatoms. The van der Waals surface area contributed by atoms with Crippen molar-refractivity contribution in [3.05, 3.63) is 33.8 Å². The Hall–Kier alpha value is -0.240. The molecule has 1 aromatic rings. The molecular formula is C15H21Cl2N. The average Bonchev–Trinajstić information content (AvgIpc) is 2.61. The number of benzene rings is 1. The zero-order valence-electron chi connectivity index (χ0n) is 10.9. The molecule has 0 amide bonds. The van der Waals surface area contributed by atoms with Gasteiger partial charge in [0.15, 0.2) is 0 Å². The van der Waals surface area contributed by atoms with Gasteiger partial charge in [0.2, 0.25) is 0 Å². The minimum Gasteiger partial charge on any atom is -0.311 e. The van der Waals surface area contributed by atoms with E-state index in [-0.39, 0.29) is 5.54 Å². The van der Waals surface area contributed by atoms with E-state index in [0.717, 1.165) is 24.4 Å². The molecule has 1 fully saturated rings. The summed E-state index contributed by atoms with van der Waals surface area (Å²) >= 11 is 12.4. The molecular weight excluding hydrogens is 265 g/mol. The molecule has 1 aliphatic rings. The van der Waals surface area contributed by atoms with Crippen LogP contribution >= 0.6 is 23.2 Å². The minimum absolute atomic E-state index is 0.199. The Morgan fingerprint density at radius 2 is 2.06 bits per heavy atom. The lowest BCUT2D eigenvalue weighted by Gasteiger charge is -2.33. The Balaban J connectivity index is 2.21. The summed E-state index contributed by atoms with van der Waals surface area (Å²) in [6, 6.07) is 5.94. The van der Waals surface area contributed by atoms with Gasteiger partial charge in [0.25, 0.3) is 0 Å². The molecule has 0 saturated carbocycles. The molecule has 0 spiro atoms. The third-order valence-electron chi connectivity index (χ3n) is 4.07. The second-order valence-electron chi connectivity index (χ2n) is 5.26. The number of halogens is 2. The van der Waals surface area contributed by atoms with Crippen LogP contribution in [0.15, 0.2) is 18.2 Å². The minimum atomic E-state index is 0.199. The fourth-order valence-corrected chi connectivity index (χ4v) is 3.22. The van der Waals surface area contributed by atoms with Crippen molar-refractivity contribution in [3.8, 4) is 0 Å². The SMILES string of the molecule is CCC1(Cc2cccc(Cl)c2Cl)CCCCCN1. The predicted octanol–water partition coefficient (Wildman–Crippen LogP) is 4.85. The van der Waals surface area contributed by atoms with Crippen molar-refractivity contribution in [2.75, 3.05) is 6.54 Å². The van der Waals surface area contributed by atoms with Crippen molar-refractivity contribution < 1.29 is 0 Å². The summed E-state index contributed by atoms with van der Waals surface area (Å²) in [5.74, 6) is 0. The maximum absolute atomic E-state index is 6.31. The zero-order valence-corrected chi connectivity index (χ0v) is 12.4. The Morgan fingerprint density at radius 3 is 2.83 bits per heavy atom. The third kappa shape index (κ3) is 3.20. The molecule has 1 nitrogen and oxygen atoms in total. The van der Waals surface area contributed by atoms with Crippen molar-refractivity contribution in [1.82, 2.24) is 5.32 Å². The molecule has 0 bridgehead atoms. The van der Waals surface area contributed by atoms with Crippen LogP contribution < -0.4 is 5.32 Å². The van der Waals surface area contributed by atoms with Crippen LogP contribution in [0.4, 0.5) is 0 Å². The second kappa shape index (κ2) is 6.27. The number of hydrogen-bond acceptors (Lipinski definition) is 1. The lowest BCUT2D eigenvalue weighted by molar-refractivity contribution is 0.302. The topological polar surface area (TPSA) is 12.0 Å². The Morgan fingerprint density at radius 1 is 1.22 bits per heavy atom. The number of hydrogen-bond donors (Lipinski definition) is 1. The normalized spacial score (nSPS) is 24.8. The Labute approximate surface area is 120 Å². The summed E-state index contributed by atoms with van der Waals surface area (Å²) in [5.41, 5.74) is 1.37. The molecule has 1 unspecified atom stereocenters. The largest absolute Gasteiger partial charge is 0.311 e. The predicted molar refractivity (Wildman–Crippen MR) is 79.7 cm³/mol. The highest BCUT2D eigenvalue weighted by atomic mass is 35.5. The van der Waals surface area contributed by atoms with Crippen LogP contribution in [0.2, 0.25) is 10.0 Å². The maximum Gasteiger partial charge on any atom is 0.0624 e. The molecule has 0 aliphatic carbocycles. The van der Waals surface area contributed by atoms with Crippen molar-refractivity contribution >= 4 is 23.2 Å². The molecule has 1 aliphatic heterocycles. The highest BCUT2D eigenvalue weighted by Gasteiger charge is 2.29. The van der Waals surface area contributed by atoms with E-state index in [2.05, 4.69) is 18.3 Å². The summed E-state index contributed by atoms with van der Waals surface area (Å²) in [4.78, 5) is 0. The van der Waals surface area contributed by atoms with Gasteiger partial charge in [-0.1, -0.05) is 55.1 Å². The van der Waals surface area contributed by atoms with Gasteiger partial charge in [0.05, 0.1) is 10.0 Å². The molecule has 1 heterocycles. The first-order valence-electron chi connectivity index (χ1n) is 6.85. The van der Waals surface area contributed by atoms with Gasteiger partial charge in [-0.05, 0) is 43.9 Å². The molecule has 1 saturated heterocycles. The summed E-state index contributed by atoms with van der Waals surface area (Å²) in [6.45, 7) is 3.38. The third-order valence-corrected chi connectivity index (χ3v) is 4.93. The van der Waals surface area contributed by atoms with Gasteiger partial charge in [-0.25, -0.2) is 0 Å². The Bertz CT molecular complexity index is 395. The Kier molecular flexibility index (Phi) is 4.94. The summed E-state index contributed by atoms with van der Waals surface area (Å²) in [6.07, 6.45) is 7.26. The number of nitrogens with one attached hydrogen (secondary N) is 1. The van der Waals surface area contributed by atoms with Crippen LogP contribution in [0.3, 0.4) is 0 Å². The van der Waals surface area contributed by atoms with Gasteiger partial charge < -0.3 is 5.32 Å². The summed E-state index contributed by atoms with van der Waals surface area (Å²) in [5, 5.41) is 5.12. The first-order chi connectivity index (χ1) is 8.67. The molecule has 18 heavy (non-hydrogen) atoms. The van der Waals surface area contributed by atoms with Gasteiger partial charge >= 0.3 is 0 Å². The highest BCUT2D eigenvalue weighted by Crippen LogP contribution is 2.32. The van der Waals surface area contributed by atoms with E-state index in [1.807, 2.05) is 12.1 Å². The highest BCUT2D eigenvalue weighted by molar-refractivity contribution is 6.42. The van der Waals surface area contributed by atoms with E-state index in [1.54, 1.807) is 0 Å². The van der Waals surface area contributed by atoms with Crippen LogP contribution in [-0.4, -0.2) is 12.1 Å². The fourth-order valence-electron chi connectivity index (χ4n) is 2.83. The van der Waals surface area contributed by atoms with Gasteiger partial charge in [-0.2, -0.15) is 0 Å². The van der Waals surface area contributed by atoms with Crippen LogP contribution in [-0.2, 0) is 6.42 Å². The van der Waals surface area contributed by atoms with Crippen LogP contribution in [0, 0.1) is 0 Å². The number of rotatable bonds is 3. The van der Waals surface area contributed by atoms with Crippen molar-refractivity contribution in [2.24, 2.45) is 0 Å². The van der Waals surface area contributed by atoms with Crippen molar-refractivity contribution in [1.29, 1.82) is 0 Å². The van der Waals surface area contributed by atoms with E-state index < -0.39 is 0 Å². The maximum atomic E-state index is 6.31. The van der Waals surface area contributed by atoms with Crippen molar-refractivity contribution in [2.45, 2.75) is 51.0 Å². The molecule has 2 rings (SSSR count). The molecule has 1 aromatic carbocycles. The first-order valence-corrected chi connectivity index (χ1v) is 7.60. The molecule has 1 atom stereocenters. The lowest BCUT2D eigenvalue weighted by atomic mass is 9.84. The monoisotopic (exact) mass is 285 g/mol. The molecule has 0 aromatic heterocycles. The van der Waals surface area contributed by atoms with Crippen LogP contribution in [0.1, 0.15) is 44.6 Å².